The van der Waals surface area contributed by atoms with Crippen molar-refractivity contribution in [3.05, 3.63) is 47.5 Å². The van der Waals surface area contributed by atoms with Crippen LogP contribution < -0.4 is 0 Å². The normalized spacial score (nSPS) is 28.2. The average molecular weight is 311 g/mol. The highest BCUT2D eigenvalue weighted by atomic mass is 16.5. The van der Waals surface area contributed by atoms with E-state index in [2.05, 4.69) is 48.2 Å². The Labute approximate surface area is 137 Å². The minimum Gasteiger partial charge on any atom is -0.396 e. The second-order valence-corrected chi connectivity index (χ2v) is 7.05. The van der Waals surface area contributed by atoms with Crippen LogP contribution in [0.15, 0.2) is 36.4 Å². The topological polar surface area (TPSA) is 32.7 Å². The van der Waals surface area contributed by atoms with Gasteiger partial charge in [-0.1, -0.05) is 36.4 Å². The lowest BCUT2D eigenvalue weighted by Crippen LogP contribution is -2.48. The molecule has 0 amide bonds. The van der Waals surface area contributed by atoms with E-state index in [0.29, 0.717) is 18.1 Å². The maximum absolute atomic E-state index is 9.50. The molecule has 3 atom stereocenters. The van der Waals surface area contributed by atoms with E-state index in [1.807, 2.05) is 0 Å². The van der Waals surface area contributed by atoms with Crippen molar-refractivity contribution in [1.82, 2.24) is 4.90 Å². The van der Waals surface area contributed by atoms with Crippen LogP contribution in [0.1, 0.15) is 24.0 Å². The van der Waals surface area contributed by atoms with Gasteiger partial charge in [-0.15, -0.1) is 0 Å². The van der Waals surface area contributed by atoms with Gasteiger partial charge in [-0.2, -0.15) is 0 Å². The molecule has 0 spiro atoms. The van der Waals surface area contributed by atoms with Gasteiger partial charge in [-0.3, -0.25) is 4.90 Å². The fraction of sp³-hybridized carbons (Fsp3) is 0.500. The standard InChI is InChI=1S/C20H25NO2/c1-14-6-7-16-4-2-3-5-17(16)18(14)12-21-8-9-23-20-11-15(13-22)10-19(20)21/h2-7,15,19-20,22H,8-13H2,1H3/t15-,19+,20+/m1/s1. The van der Waals surface area contributed by atoms with Crippen molar-refractivity contribution in [2.45, 2.75) is 38.5 Å². The first-order valence-electron chi connectivity index (χ1n) is 8.70. The van der Waals surface area contributed by atoms with Gasteiger partial charge in [0.25, 0.3) is 0 Å². The van der Waals surface area contributed by atoms with Gasteiger partial charge in [0.15, 0.2) is 0 Å². The summed E-state index contributed by atoms with van der Waals surface area (Å²) >= 11 is 0. The van der Waals surface area contributed by atoms with Gasteiger partial charge in [0.05, 0.1) is 12.7 Å². The minimum absolute atomic E-state index is 0.289. The molecule has 1 aliphatic heterocycles. The molecule has 122 valence electrons. The third kappa shape index (κ3) is 2.78. The lowest BCUT2D eigenvalue weighted by Gasteiger charge is -2.38. The van der Waals surface area contributed by atoms with E-state index in [1.54, 1.807) is 0 Å². The number of ether oxygens (including phenoxy) is 1. The van der Waals surface area contributed by atoms with E-state index in [1.165, 1.54) is 21.9 Å². The van der Waals surface area contributed by atoms with Crippen molar-refractivity contribution in [2.75, 3.05) is 19.8 Å². The van der Waals surface area contributed by atoms with Crippen molar-refractivity contribution >= 4 is 10.8 Å². The van der Waals surface area contributed by atoms with Gasteiger partial charge >= 0.3 is 0 Å². The number of hydrogen-bond acceptors (Lipinski definition) is 3. The van der Waals surface area contributed by atoms with E-state index >= 15 is 0 Å². The number of aryl methyl sites for hydroxylation is 1. The molecule has 2 aromatic carbocycles. The molecule has 3 heteroatoms. The number of rotatable bonds is 3. The Bertz CT molecular complexity index is 699. The lowest BCUT2D eigenvalue weighted by molar-refractivity contribution is -0.0589. The van der Waals surface area contributed by atoms with E-state index < -0.39 is 0 Å². The summed E-state index contributed by atoms with van der Waals surface area (Å²) in [5.41, 5.74) is 2.81. The number of morpholine rings is 1. The average Bonchev–Trinajstić information content (AvgIpc) is 3.01. The zero-order chi connectivity index (χ0) is 15.8. The summed E-state index contributed by atoms with van der Waals surface area (Å²) < 4.78 is 5.97. The Morgan fingerprint density at radius 3 is 2.91 bits per heavy atom. The maximum Gasteiger partial charge on any atom is 0.0734 e. The van der Waals surface area contributed by atoms with Crippen molar-refractivity contribution in [3.63, 3.8) is 0 Å². The predicted octanol–water partition coefficient (Wildman–Crippen LogP) is 3.12. The Hall–Kier alpha value is -1.42. The Balaban J connectivity index is 1.64. The summed E-state index contributed by atoms with van der Waals surface area (Å²) in [6, 6.07) is 13.6. The molecule has 0 bridgehead atoms. The second kappa shape index (κ2) is 6.23. The molecule has 2 fully saturated rings. The Morgan fingerprint density at radius 1 is 1.17 bits per heavy atom. The van der Waals surface area contributed by atoms with E-state index in [9.17, 15) is 5.11 Å². The summed E-state index contributed by atoms with van der Waals surface area (Å²) in [5, 5.41) is 12.2. The number of nitrogens with zero attached hydrogens (tertiary/aromatic N) is 1. The van der Waals surface area contributed by atoms with E-state index in [4.69, 9.17) is 4.74 Å². The lowest BCUT2D eigenvalue weighted by atomic mass is 9.98. The SMILES string of the molecule is Cc1ccc2ccccc2c1CN1CCO[C@H]2C[C@H](CO)C[C@@H]21. The van der Waals surface area contributed by atoms with Gasteiger partial charge in [0, 0.05) is 25.7 Å². The molecule has 2 aromatic rings. The second-order valence-electron chi connectivity index (χ2n) is 7.05. The molecule has 4 rings (SSSR count). The number of aliphatic hydroxyl groups is 1. The molecule has 0 aromatic heterocycles. The van der Waals surface area contributed by atoms with Crippen molar-refractivity contribution in [3.8, 4) is 0 Å². The van der Waals surface area contributed by atoms with Gasteiger partial charge in [-0.25, -0.2) is 0 Å². The van der Waals surface area contributed by atoms with Crippen LogP contribution in [0, 0.1) is 12.8 Å². The molecular formula is C20H25NO2. The third-order valence-electron chi connectivity index (χ3n) is 5.64. The van der Waals surface area contributed by atoms with Crippen LogP contribution in [0.3, 0.4) is 0 Å². The van der Waals surface area contributed by atoms with Crippen LogP contribution in [0.4, 0.5) is 0 Å². The summed E-state index contributed by atoms with van der Waals surface area (Å²) in [6.07, 6.45) is 2.37. The van der Waals surface area contributed by atoms with Crippen molar-refractivity contribution in [2.24, 2.45) is 5.92 Å². The number of aliphatic hydroxyl groups excluding tert-OH is 1. The van der Waals surface area contributed by atoms with Gasteiger partial charge in [0.1, 0.15) is 0 Å². The van der Waals surface area contributed by atoms with Crippen LogP contribution in [0.2, 0.25) is 0 Å². The maximum atomic E-state index is 9.50. The number of hydrogen-bond donors (Lipinski definition) is 1. The summed E-state index contributed by atoms with van der Waals surface area (Å²) in [6.45, 7) is 5.28. The van der Waals surface area contributed by atoms with Crippen LogP contribution in [0.5, 0.6) is 0 Å². The number of benzene rings is 2. The predicted molar refractivity (Wildman–Crippen MR) is 92.4 cm³/mol. The molecule has 3 nitrogen and oxygen atoms in total. The summed E-state index contributed by atoms with van der Waals surface area (Å²) in [7, 11) is 0. The molecule has 0 unspecified atom stereocenters. The molecular weight excluding hydrogens is 286 g/mol. The number of fused-ring (bicyclic) bond motifs is 2. The summed E-state index contributed by atoms with van der Waals surface area (Å²) in [5.74, 6) is 0.402. The fourth-order valence-electron chi connectivity index (χ4n) is 4.33. The zero-order valence-corrected chi connectivity index (χ0v) is 13.7. The molecule has 1 saturated carbocycles. The molecule has 2 aliphatic rings. The first-order valence-corrected chi connectivity index (χ1v) is 8.70. The first kappa shape index (κ1) is 15.1. The van der Waals surface area contributed by atoms with E-state index in [-0.39, 0.29) is 6.61 Å². The largest absolute Gasteiger partial charge is 0.396 e. The van der Waals surface area contributed by atoms with Crippen LogP contribution in [-0.4, -0.2) is 41.9 Å². The van der Waals surface area contributed by atoms with Crippen LogP contribution in [0.25, 0.3) is 10.8 Å². The van der Waals surface area contributed by atoms with Gasteiger partial charge in [-0.05, 0) is 47.6 Å². The third-order valence-corrected chi connectivity index (χ3v) is 5.64. The van der Waals surface area contributed by atoms with Crippen molar-refractivity contribution in [1.29, 1.82) is 0 Å². The zero-order valence-electron chi connectivity index (χ0n) is 13.7. The Kier molecular flexibility index (Phi) is 4.10. The van der Waals surface area contributed by atoms with Crippen molar-refractivity contribution < 1.29 is 9.84 Å². The summed E-state index contributed by atoms with van der Waals surface area (Å²) in [4.78, 5) is 2.58. The highest BCUT2D eigenvalue weighted by Gasteiger charge is 2.40. The van der Waals surface area contributed by atoms with Gasteiger partial charge in [0.2, 0.25) is 0 Å². The monoisotopic (exact) mass is 311 g/mol. The molecule has 23 heavy (non-hydrogen) atoms. The van der Waals surface area contributed by atoms with E-state index in [0.717, 1.165) is 32.5 Å². The fourth-order valence-corrected chi connectivity index (χ4v) is 4.33. The molecule has 1 heterocycles. The Morgan fingerprint density at radius 2 is 2.04 bits per heavy atom. The highest BCUT2D eigenvalue weighted by Crippen LogP contribution is 2.35. The molecule has 1 aliphatic carbocycles. The minimum atomic E-state index is 0.289. The quantitative estimate of drug-likeness (QED) is 0.945. The molecule has 1 N–H and O–H groups in total. The first-order chi connectivity index (χ1) is 11.3. The van der Waals surface area contributed by atoms with Crippen LogP contribution in [-0.2, 0) is 11.3 Å². The molecule has 1 saturated heterocycles. The van der Waals surface area contributed by atoms with Gasteiger partial charge < -0.3 is 9.84 Å². The smallest absolute Gasteiger partial charge is 0.0734 e. The highest BCUT2D eigenvalue weighted by molar-refractivity contribution is 5.86. The van der Waals surface area contributed by atoms with Crippen LogP contribution >= 0.6 is 0 Å². The molecule has 0 radical (unpaired) electrons.